The molecule has 0 radical (unpaired) electrons. The Morgan fingerprint density at radius 1 is 1.28 bits per heavy atom. The molecule has 0 aliphatic heterocycles. The van der Waals surface area contributed by atoms with Crippen LogP contribution in [-0.4, -0.2) is 39.2 Å². The maximum atomic E-state index is 11.5. The van der Waals surface area contributed by atoms with Crippen molar-refractivity contribution in [3.8, 4) is 0 Å². The third kappa shape index (κ3) is 6.17. The number of likely N-dealkylation sites (N-methyl/N-ethyl adjacent to an activating group) is 1. The van der Waals surface area contributed by atoms with Crippen molar-refractivity contribution >= 4 is 9.84 Å². The molecule has 4 heteroatoms. The minimum absolute atomic E-state index is 0.0943. The molecule has 0 aromatic carbocycles. The second kappa shape index (κ2) is 8.27. The van der Waals surface area contributed by atoms with Crippen LogP contribution < -0.4 is 0 Å². The molecule has 0 saturated carbocycles. The molecule has 0 atom stereocenters. The van der Waals surface area contributed by atoms with Crippen LogP contribution in [0.1, 0.15) is 27.2 Å². The van der Waals surface area contributed by atoms with E-state index in [0.717, 1.165) is 25.1 Å². The molecular formula is C14H25NO2S. The van der Waals surface area contributed by atoms with Crippen LogP contribution in [0.5, 0.6) is 0 Å². The smallest absolute Gasteiger partial charge is 0.177 e. The molecule has 18 heavy (non-hydrogen) atoms. The Hall–Kier alpha value is -0.870. The van der Waals surface area contributed by atoms with Crippen molar-refractivity contribution in [1.29, 1.82) is 0 Å². The lowest BCUT2D eigenvalue weighted by atomic mass is 10.2. The first-order valence-corrected chi connectivity index (χ1v) is 7.96. The number of rotatable bonds is 8. The van der Waals surface area contributed by atoms with Crippen molar-refractivity contribution < 1.29 is 8.42 Å². The maximum absolute atomic E-state index is 11.5. The topological polar surface area (TPSA) is 37.4 Å². The molecule has 0 bridgehead atoms. The number of hydrogen-bond acceptors (Lipinski definition) is 3. The average molecular weight is 271 g/mol. The summed E-state index contributed by atoms with van der Waals surface area (Å²) in [4.78, 5) is 2.39. The minimum Gasteiger partial charge on any atom is -0.302 e. The first-order valence-electron chi connectivity index (χ1n) is 6.30. The second-order valence-corrected chi connectivity index (χ2v) is 6.64. The molecule has 0 saturated heterocycles. The van der Waals surface area contributed by atoms with Gasteiger partial charge in [0, 0.05) is 6.54 Å². The zero-order chi connectivity index (χ0) is 14.2. The summed E-state index contributed by atoms with van der Waals surface area (Å²) >= 11 is 0. The summed E-state index contributed by atoms with van der Waals surface area (Å²) in [6.07, 6.45) is 6.53. The summed E-state index contributed by atoms with van der Waals surface area (Å²) in [7, 11) is -1.11. The van der Waals surface area contributed by atoms with E-state index in [2.05, 4.69) is 25.5 Å². The minimum atomic E-state index is -3.16. The quantitative estimate of drug-likeness (QED) is 0.637. The van der Waals surface area contributed by atoms with Crippen molar-refractivity contribution in [2.24, 2.45) is 0 Å². The second-order valence-electron chi connectivity index (χ2n) is 4.30. The van der Waals surface area contributed by atoms with Crippen molar-refractivity contribution in [2.75, 3.05) is 25.9 Å². The zero-order valence-electron chi connectivity index (χ0n) is 11.9. The highest BCUT2D eigenvalue weighted by molar-refractivity contribution is 7.95. The molecule has 0 aliphatic carbocycles. The molecule has 0 rings (SSSR count). The molecule has 0 aromatic heterocycles. The molecular weight excluding hydrogens is 246 g/mol. The van der Waals surface area contributed by atoms with Gasteiger partial charge in [0.05, 0.1) is 10.7 Å². The van der Waals surface area contributed by atoms with Gasteiger partial charge in [0.2, 0.25) is 0 Å². The van der Waals surface area contributed by atoms with Crippen molar-refractivity contribution in [3.63, 3.8) is 0 Å². The van der Waals surface area contributed by atoms with Crippen LogP contribution in [0.4, 0.5) is 0 Å². The SMILES string of the molecule is C=C(/C=C\C(=C/C)CN(C)CCC)S(=O)(=O)CC. The third-order valence-corrected chi connectivity index (χ3v) is 4.39. The summed E-state index contributed by atoms with van der Waals surface area (Å²) < 4.78 is 23.1. The highest BCUT2D eigenvalue weighted by Crippen LogP contribution is 2.09. The van der Waals surface area contributed by atoms with Gasteiger partial charge in [-0.1, -0.05) is 32.6 Å². The normalized spacial score (nSPS) is 13.5. The Morgan fingerprint density at radius 2 is 1.89 bits per heavy atom. The van der Waals surface area contributed by atoms with Gasteiger partial charge in [-0.25, -0.2) is 8.42 Å². The lowest BCUT2D eigenvalue weighted by molar-refractivity contribution is 0.365. The molecule has 0 amide bonds. The Balaban J connectivity index is 4.61. The zero-order valence-corrected chi connectivity index (χ0v) is 12.8. The van der Waals surface area contributed by atoms with Gasteiger partial charge in [0.15, 0.2) is 9.84 Å². The Morgan fingerprint density at radius 3 is 2.33 bits per heavy atom. The molecule has 0 aliphatic rings. The fraction of sp³-hybridized carbons (Fsp3) is 0.571. The van der Waals surface area contributed by atoms with E-state index in [-0.39, 0.29) is 10.7 Å². The third-order valence-electron chi connectivity index (χ3n) is 2.69. The van der Waals surface area contributed by atoms with Gasteiger partial charge in [0.25, 0.3) is 0 Å². The van der Waals surface area contributed by atoms with E-state index in [9.17, 15) is 8.42 Å². The standard InChI is InChI=1S/C14H25NO2S/c1-6-11-15(5)12-14(7-2)10-9-13(4)18(16,17)8-3/h7,9-10H,4,6,8,11-12H2,1-3,5H3/b10-9-,14-7+. The summed E-state index contributed by atoms with van der Waals surface area (Å²) in [5, 5.41) is 0. The van der Waals surface area contributed by atoms with E-state index < -0.39 is 9.84 Å². The van der Waals surface area contributed by atoms with Gasteiger partial charge in [-0.05, 0) is 38.6 Å². The fourth-order valence-corrected chi connectivity index (χ4v) is 2.15. The first-order chi connectivity index (χ1) is 8.37. The number of allylic oxidation sites excluding steroid dienone is 2. The van der Waals surface area contributed by atoms with Gasteiger partial charge in [0.1, 0.15) is 0 Å². The highest BCUT2D eigenvalue weighted by Gasteiger charge is 2.09. The van der Waals surface area contributed by atoms with Gasteiger partial charge in [-0.15, -0.1) is 0 Å². The van der Waals surface area contributed by atoms with Crippen molar-refractivity contribution in [3.05, 3.63) is 35.3 Å². The number of hydrogen-bond donors (Lipinski definition) is 0. The molecule has 0 fully saturated rings. The van der Waals surface area contributed by atoms with E-state index in [1.54, 1.807) is 13.0 Å². The molecule has 0 heterocycles. The summed E-state index contributed by atoms with van der Waals surface area (Å²) in [6, 6.07) is 0. The predicted octanol–water partition coefficient (Wildman–Crippen LogP) is 2.78. The lowest BCUT2D eigenvalue weighted by Gasteiger charge is -2.15. The molecule has 104 valence electrons. The Kier molecular flexibility index (Phi) is 7.87. The van der Waals surface area contributed by atoms with E-state index >= 15 is 0 Å². The van der Waals surface area contributed by atoms with Crippen LogP contribution in [0.2, 0.25) is 0 Å². The molecule has 0 spiro atoms. The van der Waals surface area contributed by atoms with Crippen LogP contribution in [0, 0.1) is 0 Å². The largest absolute Gasteiger partial charge is 0.302 e. The van der Waals surface area contributed by atoms with E-state index in [1.165, 1.54) is 0 Å². The average Bonchev–Trinajstić information content (AvgIpc) is 2.34. The fourth-order valence-electron chi connectivity index (χ4n) is 1.50. The van der Waals surface area contributed by atoms with Crippen LogP contribution in [0.15, 0.2) is 35.3 Å². The van der Waals surface area contributed by atoms with Crippen molar-refractivity contribution in [2.45, 2.75) is 27.2 Å². The maximum Gasteiger partial charge on any atom is 0.177 e. The summed E-state index contributed by atoms with van der Waals surface area (Å²) in [5.41, 5.74) is 1.10. The van der Waals surface area contributed by atoms with E-state index in [4.69, 9.17) is 0 Å². The van der Waals surface area contributed by atoms with Crippen LogP contribution in [-0.2, 0) is 9.84 Å². The van der Waals surface area contributed by atoms with Crippen LogP contribution in [0.25, 0.3) is 0 Å². The summed E-state index contributed by atoms with van der Waals surface area (Å²) in [6.45, 7) is 11.2. The van der Waals surface area contributed by atoms with Crippen molar-refractivity contribution in [1.82, 2.24) is 4.90 Å². The van der Waals surface area contributed by atoms with Gasteiger partial charge in [-0.2, -0.15) is 0 Å². The number of nitrogens with zero attached hydrogens (tertiary/aromatic N) is 1. The predicted molar refractivity (Wildman–Crippen MR) is 79.3 cm³/mol. The van der Waals surface area contributed by atoms with Gasteiger partial charge in [-0.3, -0.25) is 0 Å². The molecule has 0 N–H and O–H groups in total. The first kappa shape index (κ1) is 17.1. The molecule has 0 unspecified atom stereocenters. The molecule has 3 nitrogen and oxygen atoms in total. The number of sulfone groups is 1. The summed E-state index contributed by atoms with van der Waals surface area (Å²) in [5.74, 6) is 0.0943. The lowest BCUT2D eigenvalue weighted by Crippen LogP contribution is -2.21. The highest BCUT2D eigenvalue weighted by atomic mass is 32.2. The van der Waals surface area contributed by atoms with E-state index in [1.807, 2.05) is 19.1 Å². The Bertz CT molecular complexity index is 419. The van der Waals surface area contributed by atoms with E-state index in [0.29, 0.717) is 0 Å². The van der Waals surface area contributed by atoms with Gasteiger partial charge >= 0.3 is 0 Å². The van der Waals surface area contributed by atoms with Crippen LogP contribution in [0.3, 0.4) is 0 Å². The van der Waals surface area contributed by atoms with Crippen LogP contribution >= 0.6 is 0 Å². The monoisotopic (exact) mass is 271 g/mol. The van der Waals surface area contributed by atoms with Gasteiger partial charge < -0.3 is 4.90 Å². The Labute approximate surface area is 112 Å². The molecule has 0 aromatic rings.